The molecule has 0 saturated carbocycles. The standard InChI is InChI=1S/C18H32O5/c1-9-8-19-17(11(3)10(9)2)21-14-12(4)20-13(5)15-16(14)23-18(6,7)22-15/h9-17H,8H2,1-7H3/t9-,10+,11?,12?,13+,14+,15?,16+,17+/m1/s1. The van der Waals surface area contributed by atoms with Crippen LogP contribution in [0.3, 0.4) is 0 Å². The van der Waals surface area contributed by atoms with Crippen LogP contribution in [-0.4, -0.2) is 49.2 Å². The second-order valence-electron chi connectivity index (χ2n) is 8.11. The zero-order valence-corrected chi connectivity index (χ0v) is 15.4. The molecule has 0 aromatic rings. The van der Waals surface area contributed by atoms with Crippen LogP contribution < -0.4 is 0 Å². The van der Waals surface area contributed by atoms with Crippen molar-refractivity contribution in [3.05, 3.63) is 0 Å². The summed E-state index contributed by atoms with van der Waals surface area (Å²) in [6, 6.07) is 0. The summed E-state index contributed by atoms with van der Waals surface area (Å²) in [5.74, 6) is 0.877. The van der Waals surface area contributed by atoms with Gasteiger partial charge < -0.3 is 23.7 Å². The monoisotopic (exact) mass is 328 g/mol. The molecule has 0 spiro atoms. The van der Waals surface area contributed by atoms with E-state index in [1.165, 1.54) is 0 Å². The summed E-state index contributed by atoms with van der Waals surface area (Å²) in [5, 5.41) is 0. The van der Waals surface area contributed by atoms with E-state index < -0.39 is 5.79 Å². The summed E-state index contributed by atoms with van der Waals surface area (Å²) in [6.07, 6.45) is -0.644. The third-order valence-electron chi connectivity index (χ3n) is 5.81. The Morgan fingerprint density at radius 1 is 0.870 bits per heavy atom. The van der Waals surface area contributed by atoms with Crippen molar-refractivity contribution in [1.29, 1.82) is 0 Å². The average molecular weight is 328 g/mol. The van der Waals surface area contributed by atoms with Crippen molar-refractivity contribution in [2.45, 2.75) is 91.1 Å². The van der Waals surface area contributed by atoms with E-state index in [9.17, 15) is 0 Å². The highest BCUT2D eigenvalue weighted by Crippen LogP contribution is 2.40. The lowest BCUT2D eigenvalue weighted by Gasteiger charge is -2.44. The molecule has 0 aliphatic carbocycles. The van der Waals surface area contributed by atoms with Crippen molar-refractivity contribution >= 4 is 0 Å². The maximum atomic E-state index is 6.38. The van der Waals surface area contributed by atoms with Gasteiger partial charge in [0.1, 0.15) is 18.3 Å². The molecule has 0 aromatic carbocycles. The molecule has 0 bridgehead atoms. The molecule has 5 nitrogen and oxygen atoms in total. The van der Waals surface area contributed by atoms with Crippen LogP contribution in [0.4, 0.5) is 0 Å². The topological polar surface area (TPSA) is 46.2 Å². The average Bonchev–Trinajstić information content (AvgIpc) is 2.79. The lowest BCUT2D eigenvalue weighted by Crippen LogP contribution is -2.57. The van der Waals surface area contributed by atoms with Gasteiger partial charge in [-0.25, -0.2) is 0 Å². The van der Waals surface area contributed by atoms with E-state index in [0.717, 1.165) is 6.61 Å². The molecule has 9 atom stereocenters. The van der Waals surface area contributed by atoms with Crippen molar-refractivity contribution < 1.29 is 23.7 Å². The minimum atomic E-state index is -0.598. The fourth-order valence-electron chi connectivity index (χ4n) is 4.02. The van der Waals surface area contributed by atoms with E-state index in [4.69, 9.17) is 23.7 Å². The highest BCUT2D eigenvalue weighted by molar-refractivity contribution is 4.97. The first kappa shape index (κ1) is 17.6. The Kier molecular flexibility index (Phi) is 4.80. The fraction of sp³-hybridized carbons (Fsp3) is 1.00. The lowest BCUT2D eigenvalue weighted by atomic mass is 9.83. The van der Waals surface area contributed by atoms with Crippen LogP contribution in [0.15, 0.2) is 0 Å². The van der Waals surface area contributed by atoms with Crippen LogP contribution in [0.2, 0.25) is 0 Å². The van der Waals surface area contributed by atoms with E-state index in [1.807, 2.05) is 27.7 Å². The first-order chi connectivity index (χ1) is 10.7. The maximum Gasteiger partial charge on any atom is 0.164 e. The number of rotatable bonds is 2. The minimum Gasteiger partial charge on any atom is -0.370 e. The van der Waals surface area contributed by atoms with Gasteiger partial charge in [-0.2, -0.15) is 0 Å². The third-order valence-corrected chi connectivity index (χ3v) is 5.81. The van der Waals surface area contributed by atoms with Gasteiger partial charge in [0.15, 0.2) is 12.1 Å². The zero-order chi connectivity index (χ0) is 16.9. The fourth-order valence-corrected chi connectivity index (χ4v) is 4.02. The van der Waals surface area contributed by atoms with E-state index in [1.54, 1.807) is 0 Å². The van der Waals surface area contributed by atoms with Gasteiger partial charge in [-0.05, 0) is 39.5 Å². The molecule has 3 heterocycles. The quantitative estimate of drug-likeness (QED) is 0.780. The van der Waals surface area contributed by atoms with Gasteiger partial charge in [0.05, 0.1) is 18.8 Å². The third kappa shape index (κ3) is 3.31. The van der Waals surface area contributed by atoms with Gasteiger partial charge in [0.25, 0.3) is 0 Å². The second-order valence-corrected chi connectivity index (χ2v) is 8.11. The molecule has 23 heavy (non-hydrogen) atoms. The molecule has 0 radical (unpaired) electrons. The van der Waals surface area contributed by atoms with Crippen LogP contribution in [0, 0.1) is 17.8 Å². The minimum absolute atomic E-state index is 0.000249. The van der Waals surface area contributed by atoms with Crippen LogP contribution in [-0.2, 0) is 23.7 Å². The van der Waals surface area contributed by atoms with Crippen molar-refractivity contribution in [2.24, 2.45) is 17.8 Å². The Balaban J connectivity index is 1.73. The van der Waals surface area contributed by atoms with Crippen LogP contribution >= 0.6 is 0 Å². The van der Waals surface area contributed by atoms with Gasteiger partial charge in [0, 0.05) is 5.92 Å². The highest BCUT2D eigenvalue weighted by Gasteiger charge is 2.54. The van der Waals surface area contributed by atoms with Gasteiger partial charge in [-0.15, -0.1) is 0 Å². The van der Waals surface area contributed by atoms with Gasteiger partial charge in [-0.3, -0.25) is 0 Å². The summed E-state index contributed by atoms with van der Waals surface area (Å²) in [7, 11) is 0. The van der Waals surface area contributed by atoms with Gasteiger partial charge >= 0.3 is 0 Å². The van der Waals surface area contributed by atoms with Gasteiger partial charge in [-0.1, -0.05) is 20.8 Å². The molecule has 134 valence electrons. The number of hydrogen-bond donors (Lipinski definition) is 0. The SMILES string of the molecule is CC1[C@H](O[C@H]2C(C)O[C@@H](C)C3OC(C)(C)O[C@H]32)OC[C@@H](C)[C@@H]1C. The second kappa shape index (κ2) is 6.26. The normalized spacial score (nSPS) is 53.1. The molecule has 0 aromatic heterocycles. The van der Waals surface area contributed by atoms with Crippen molar-refractivity contribution in [2.75, 3.05) is 6.61 Å². The molecule has 3 aliphatic rings. The summed E-state index contributed by atoms with van der Waals surface area (Å²) < 4.78 is 30.6. The summed E-state index contributed by atoms with van der Waals surface area (Å²) >= 11 is 0. The van der Waals surface area contributed by atoms with Crippen molar-refractivity contribution in [3.8, 4) is 0 Å². The van der Waals surface area contributed by atoms with Gasteiger partial charge in [0.2, 0.25) is 0 Å². The Labute approximate surface area is 139 Å². The number of fused-ring (bicyclic) bond motifs is 1. The summed E-state index contributed by atoms with van der Waals surface area (Å²) in [4.78, 5) is 0. The van der Waals surface area contributed by atoms with Crippen LogP contribution in [0.1, 0.15) is 48.5 Å². The molecule has 0 N–H and O–H groups in total. The Hall–Kier alpha value is -0.200. The molecular weight excluding hydrogens is 296 g/mol. The smallest absolute Gasteiger partial charge is 0.164 e. The zero-order valence-electron chi connectivity index (χ0n) is 15.4. The van der Waals surface area contributed by atoms with Crippen molar-refractivity contribution in [3.63, 3.8) is 0 Å². The summed E-state index contributed by atoms with van der Waals surface area (Å²) in [6.45, 7) is 15.4. The largest absolute Gasteiger partial charge is 0.370 e. The highest BCUT2D eigenvalue weighted by atomic mass is 16.8. The van der Waals surface area contributed by atoms with Crippen molar-refractivity contribution in [1.82, 2.24) is 0 Å². The molecule has 3 rings (SSSR count). The number of ether oxygens (including phenoxy) is 5. The van der Waals surface area contributed by atoms with E-state index >= 15 is 0 Å². The predicted octanol–water partition coefficient (Wildman–Crippen LogP) is 2.96. The molecule has 3 aliphatic heterocycles. The summed E-state index contributed by atoms with van der Waals surface area (Å²) in [5.41, 5.74) is 0. The molecular formula is C18H32O5. The predicted molar refractivity (Wildman–Crippen MR) is 85.9 cm³/mol. The molecule has 5 heteroatoms. The Bertz CT molecular complexity index is 426. The van der Waals surface area contributed by atoms with E-state index in [-0.39, 0.29) is 36.8 Å². The Morgan fingerprint density at radius 3 is 2.22 bits per heavy atom. The van der Waals surface area contributed by atoms with Crippen LogP contribution in [0.25, 0.3) is 0 Å². The van der Waals surface area contributed by atoms with E-state index in [0.29, 0.717) is 17.8 Å². The number of hydrogen-bond acceptors (Lipinski definition) is 5. The maximum absolute atomic E-state index is 6.38. The first-order valence-corrected chi connectivity index (χ1v) is 8.98. The molecule has 0 amide bonds. The first-order valence-electron chi connectivity index (χ1n) is 8.98. The lowest BCUT2D eigenvalue weighted by molar-refractivity contribution is -0.285. The Morgan fingerprint density at radius 2 is 1.52 bits per heavy atom. The molecule has 3 unspecified atom stereocenters. The molecule has 3 saturated heterocycles. The van der Waals surface area contributed by atoms with E-state index in [2.05, 4.69) is 20.8 Å². The molecule has 3 fully saturated rings. The van der Waals surface area contributed by atoms with Crippen LogP contribution in [0.5, 0.6) is 0 Å².